The summed E-state index contributed by atoms with van der Waals surface area (Å²) in [6, 6.07) is 12.2. The molecule has 1 heterocycles. The Morgan fingerprint density at radius 3 is 2.54 bits per heavy atom. The SMILES string of the molecule is COCCCN1C(=O)C(=O)/C(=C(\O)c2ccccc2)C1c1ccc(O)c(Cl)c1. The summed E-state index contributed by atoms with van der Waals surface area (Å²) in [5, 5.41) is 20.6. The third kappa shape index (κ3) is 3.74. The maximum Gasteiger partial charge on any atom is 0.295 e. The molecule has 0 radical (unpaired) electrons. The minimum absolute atomic E-state index is 0.00428. The first kappa shape index (κ1) is 19.9. The lowest BCUT2D eigenvalue weighted by molar-refractivity contribution is -0.140. The Bertz CT molecular complexity index is 926. The van der Waals surface area contributed by atoms with Crippen molar-refractivity contribution < 1.29 is 24.5 Å². The number of amides is 1. The van der Waals surface area contributed by atoms with E-state index in [4.69, 9.17) is 16.3 Å². The minimum atomic E-state index is -0.810. The summed E-state index contributed by atoms with van der Waals surface area (Å²) < 4.78 is 5.04. The van der Waals surface area contributed by atoms with E-state index in [9.17, 15) is 19.8 Å². The van der Waals surface area contributed by atoms with Gasteiger partial charge in [0, 0.05) is 25.8 Å². The number of halogens is 1. The van der Waals surface area contributed by atoms with Crippen molar-refractivity contribution in [2.24, 2.45) is 0 Å². The molecule has 1 saturated heterocycles. The maximum atomic E-state index is 12.8. The van der Waals surface area contributed by atoms with Crippen LogP contribution in [0.3, 0.4) is 0 Å². The lowest BCUT2D eigenvalue weighted by atomic mass is 9.95. The second-order valence-corrected chi connectivity index (χ2v) is 6.82. The molecule has 2 aromatic carbocycles. The average molecular weight is 402 g/mol. The third-order valence-electron chi connectivity index (χ3n) is 4.62. The molecule has 6 nitrogen and oxygen atoms in total. The zero-order valence-corrected chi connectivity index (χ0v) is 16.0. The number of aromatic hydroxyl groups is 1. The predicted molar refractivity (Wildman–Crippen MR) is 105 cm³/mol. The van der Waals surface area contributed by atoms with Crippen molar-refractivity contribution in [1.82, 2.24) is 4.90 Å². The van der Waals surface area contributed by atoms with Crippen molar-refractivity contribution in [2.75, 3.05) is 20.3 Å². The molecule has 2 aromatic rings. The molecule has 1 unspecified atom stereocenters. The Kier molecular flexibility index (Phi) is 6.02. The number of hydrogen-bond acceptors (Lipinski definition) is 5. The highest BCUT2D eigenvalue weighted by Crippen LogP contribution is 2.41. The Morgan fingerprint density at radius 2 is 1.89 bits per heavy atom. The number of aliphatic hydroxyl groups excluding tert-OH is 1. The monoisotopic (exact) mass is 401 g/mol. The van der Waals surface area contributed by atoms with Gasteiger partial charge in [0.2, 0.25) is 0 Å². The van der Waals surface area contributed by atoms with Crippen LogP contribution in [0.5, 0.6) is 5.75 Å². The summed E-state index contributed by atoms with van der Waals surface area (Å²) in [7, 11) is 1.56. The van der Waals surface area contributed by atoms with Gasteiger partial charge in [0.1, 0.15) is 11.5 Å². The van der Waals surface area contributed by atoms with E-state index in [1.54, 1.807) is 43.5 Å². The number of rotatable bonds is 6. The standard InChI is InChI=1S/C21H20ClNO5/c1-28-11-5-10-23-18(14-8-9-16(24)15(22)12-14)17(20(26)21(23)27)19(25)13-6-3-2-4-7-13/h2-4,6-9,12,18,24-25H,5,10-11H2,1H3/b19-17-. The number of aliphatic hydroxyl groups is 1. The van der Waals surface area contributed by atoms with Gasteiger partial charge < -0.3 is 19.8 Å². The second-order valence-electron chi connectivity index (χ2n) is 6.42. The summed E-state index contributed by atoms with van der Waals surface area (Å²) in [6.45, 7) is 0.692. The van der Waals surface area contributed by atoms with E-state index in [-0.39, 0.29) is 28.6 Å². The van der Waals surface area contributed by atoms with Gasteiger partial charge in [0.25, 0.3) is 11.7 Å². The normalized spacial score (nSPS) is 18.6. The molecule has 1 aliphatic rings. The van der Waals surface area contributed by atoms with Crippen LogP contribution in [0, 0.1) is 0 Å². The first-order valence-electron chi connectivity index (χ1n) is 8.77. The van der Waals surface area contributed by atoms with Crippen molar-refractivity contribution in [3.8, 4) is 5.75 Å². The van der Waals surface area contributed by atoms with Gasteiger partial charge in [-0.05, 0) is 24.1 Å². The van der Waals surface area contributed by atoms with Gasteiger partial charge in [-0.2, -0.15) is 0 Å². The van der Waals surface area contributed by atoms with Gasteiger partial charge in [0.15, 0.2) is 0 Å². The zero-order chi connectivity index (χ0) is 20.3. The van der Waals surface area contributed by atoms with E-state index in [1.807, 2.05) is 0 Å². The molecule has 28 heavy (non-hydrogen) atoms. The van der Waals surface area contributed by atoms with E-state index >= 15 is 0 Å². The van der Waals surface area contributed by atoms with Crippen LogP contribution in [0.4, 0.5) is 0 Å². The molecule has 0 spiro atoms. The van der Waals surface area contributed by atoms with E-state index < -0.39 is 17.7 Å². The number of carbonyl (C=O) groups is 2. The molecule has 1 atom stereocenters. The fraction of sp³-hybridized carbons (Fsp3) is 0.238. The molecule has 0 aliphatic carbocycles. The minimum Gasteiger partial charge on any atom is -0.507 e. The summed E-state index contributed by atoms with van der Waals surface area (Å²) in [5.41, 5.74) is 0.958. The van der Waals surface area contributed by atoms with Crippen molar-refractivity contribution in [2.45, 2.75) is 12.5 Å². The van der Waals surface area contributed by atoms with Crippen LogP contribution < -0.4 is 0 Å². The van der Waals surface area contributed by atoms with E-state index in [2.05, 4.69) is 0 Å². The molecular formula is C21H20ClNO5. The number of phenolic OH excluding ortho intramolecular Hbond substituents is 1. The zero-order valence-electron chi connectivity index (χ0n) is 15.3. The fourth-order valence-corrected chi connectivity index (χ4v) is 3.47. The van der Waals surface area contributed by atoms with Crippen molar-refractivity contribution >= 4 is 29.1 Å². The fourth-order valence-electron chi connectivity index (χ4n) is 3.28. The first-order chi connectivity index (χ1) is 13.5. The summed E-state index contributed by atoms with van der Waals surface area (Å²) in [5.74, 6) is -1.80. The smallest absolute Gasteiger partial charge is 0.295 e. The topological polar surface area (TPSA) is 87.1 Å². The summed E-state index contributed by atoms with van der Waals surface area (Å²) >= 11 is 6.05. The molecule has 0 aromatic heterocycles. The number of methoxy groups -OCH3 is 1. The summed E-state index contributed by atoms with van der Waals surface area (Å²) in [4.78, 5) is 26.9. The molecule has 146 valence electrons. The predicted octanol–water partition coefficient (Wildman–Crippen LogP) is 3.50. The van der Waals surface area contributed by atoms with Crippen LogP contribution in [0.1, 0.15) is 23.6 Å². The number of nitrogens with zero attached hydrogens (tertiary/aromatic N) is 1. The summed E-state index contributed by atoms with van der Waals surface area (Å²) in [6.07, 6.45) is 0.525. The van der Waals surface area contributed by atoms with Gasteiger partial charge in [-0.15, -0.1) is 0 Å². The number of carbonyl (C=O) groups excluding carboxylic acids is 2. The van der Waals surface area contributed by atoms with E-state index in [1.165, 1.54) is 17.0 Å². The number of benzene rings is 2. The van der Waals surface area contributed by atoms with Gasteiger partial charge in [-0.25, -0.2) is 0 Å². The highest BCUT2D eigenvalue weighted by atomic mass is 35.5. The Labute approximate surface area is 167 Å². The molecule has 1 amide bonds. The van der Waals surface area contributed by atoms with Crippen LogP contribution in [0.2, 0.25) is 5.02 Å². The Morgan fingerprint density at radius 1 is 1.18 bits per heavy atom. The van der Waals surface area contributed by atoms with Crippen molar-refractivity contribution in [3.05, 3.63) is 70.3 Å². The number of hydrogen-bond donors (Lipinski definition) is 2. The quantitative estimate of drug-likeness (QED) is 0.335. The third-order valence-corrected chi connectivity index (χ3v) is 4.92. The first-order valence-corrected chi connectivity index (χ1v) is 9.14. The second kappa shape index (κ2) is 8.46. The van der Waals surface area contributed by atoms with Gasteiger partial charge >= 0.3 is 0 Å². The maximum absolute atomic E-state index is 12.8. The molecule has 0 saturated carbocycles. The molecule has 0 bridgehead atoms. The van der Waals surface area contributed by atoms with E-state index in [0.717, 1.165) is 0 Å². The number of phenols is 1. The highest BCUT2D eigenvalue weighted by Gasteiger charge is 2.45. The molecule has 1 fully saturated rings. The number of likely N-dealkylation sites (tertiary alicyclic amines) is 1. The number of ketones is 1. The van der Waals surface area contributed by atoms with Crippen LogP contribution in [-0.2, 0) is 14.3 Å². The molecule has 3 rings (SSSR count). The van der Waals surface area contributed by atoms with Crippen LogP contribution in [-0.4, -0.2) is 47.1 Å². The van der Waals surface area contributed by atoms with Gasteiger partial charge in [-0.1, -0.05) is 48.0 Å². The van der Waals surface area contributed by atoms with Gasteiger partial charge in [0.05, 0.1) is 16.6 Å². The van der Waals surface area contributed by atoms with Gasteiger partial charge in [-0.3, -0.25) is 9.59 Å². The average Bonchev–Trinajstić information content (AvgIpc) is 2.95. The van der Waals surface area contributed by atoms with Crippen LogP contribution in [0.25, 0.3) is 5.76 Å². The van der Waals surface area contributed by atoms with Crippen LogP contribution >= 0.6 is 11.6 Å². The molecule has 1 aliphatic heterocycles. The van der Waals surface area contributed by atoms with Crippen LogP contribution in [0.15, 0.2) is 54.1 Å². The molecular weight excluding hydrogens is 382 g/mol. The lowest BCUT2D eigenvalue weighted by Gasteiger charge is -2.25. The Balaban J connectivity index is 2.13. The highest BCUT2D eigenvalue weighted by molar-refractivity contribution is 6.46. The van der Waals surface area contributed by atoms with E-state index in [0.29, 0.717) is 24.2 Å². The lowest BCUT2D eigenvalue weighted by Crippen LogP contribution is -2.31. The molecule has 7 heteroatoms. The van der Waals surface area contributed by atoms with Crippen molar-refractivity contribution in [1.29, 1.82) is 0 Å². The number of Topliss-reactive ketones (excluding diaryl/α,β-unsaturated/α-hetero) is 1. The Hall–Kier alpha value is -2.83. The largest absolute Gasteiger partial charge is 0.507 e. The number of ether oxygens (including phenoxy) is 1. The molecule has 2 N–H and O–H groups in total. The van der Waals surface area contributed by atoms with Crippen molar-refractivity contribution in [3.63, 3.8) is 0 Å².